The maximum absolute atomic E-state index is 12.8. The first-order chi connectivity index (χ1) is 9.99. The lowest BCUT2D eigenvalue weighted by atomic mass is 10.1. The van der Waals surface area contributed by atoms with Gasteiger partial charge in [-0.15, -0.1) is 0 Å². The lowest BCUT2D eigenvalue weighted by Gasteiger charge is -2.30. The molecule has 1 saturated heterocycles. The monoisotopic (exact) mass is 292 g/mol. The summed E-state index contributed by atoms with van der Waals surface area (Å²) in [7, 11) is 0. The number of carbonyl (C=O) groups is 2. The molecular formula is C16H24N2O3. The first-order valence-corrected chi connectivity index (χ1v) is 7.57. The van der Waals surface area contributed by atoms with Gasteiger partial charge in [-0.1, -0.05) is 13.8 Å². The van der Waals surface area contributed by atoms with Crippen molar-refractivity contribution in [2.45, 2.75) is 46.2 Å². The van der Waals surface area contributed by atoms with Crippen molar-refractivity contribution >= 4 is 11.8 Å². The predicted octanol–water partition coefficient (Wildman–Crippen LogP) is 2.28. The van der Waals surface area contributed by atoms with E-state index in [0.29, 0.717) is 25.6 Å². The molecule has 0 spiro atoms. The highest BCUT2D eigenvalue weighted by atomic mass is 16.3. The van der Waals surface area contributed by atoms with E-state index < -0.39 is 0 Å². The van der Waals surface area contributed by atoms with Gasteiger partial charge in [-0.3, -0.25) is 9.59 Å². The number of amides is 2. The predicted molar refractivity (Wildman–Crippen MR) is 79.4 cm³/mol. The minimum Gasteiger partial charge on any atom is -0.467 e. The van der Waals surface area contributed by atoms with Crippen LogP contribution in [0.5, 0.6) is 0 Å². The van der Waals surface area contributed by atoms with Crippen LogP contribution in [-0.4, -0.2) is 40.7 Å². The van der Waals surface area contributed by atoms with E-state index in [4.69, 9.17) is 4.42 Å². The van der Waals surface area contributed by atoms with E-state index in [1.165, 1.54) is 6.92 Å². The number of likely N-dealkylation sites (tertiary alicyclic amines) is 1. The normalized spacial score (nSPS) is 18.3. The van der Waals surface area contributed by atoms with Crippen LogP contribution in [0.4, 0.5) is 0 Å². The van der Waals surface area contributed by atoms with Gasteiger partial charge >= 0.3 is 0 Å². The number of hydrogen-bond donors (Lipinski definition) is 0. The average Bonchev–Trinajstić information content (AvgIpc) is 3.07. The van der Waals surface area contributed by atoms with E-state index in [1.54, 1.807) is 11.2 Å². The molecule has 1 aromatic heterocycles. The van der Waals surface area contributed by atoms with Crippen molar-refractivity contribution in [2.24, 2.45) is 5.92 Å². The molecule has 116 valence electrons. The molecule has 1 aliphatic heterocycles. The van der Waals surface area contributed by atoms with Crippen LogP contribution in [0, 0.1) is 5.92 Å². The maximum Gasteiger partial charge on any atom is 0.245 e. The first-order valence-electron chi connectivity index (χ1n) is 7.57. The number of furan rings is 1. The van der Waals surface area contributed by atoms with Crippen LogP contribution in [0.2, 0.25) is 0 Å². The second-order valence-corrected chi connectivity index (χ2v) is 6.06. The first kappa shape index (κ1) is 15.6. The summed E-state index contributed by atoms with van der Waals surface area (Å²) in [5.41, 5.74) is 0. The Morgan fingerprint density at radius 3 is 2.81 bits per heavy atom. The third-order valence-electron chi connectivity index (χ3n) is 3.77. The molecule has 0 bridgehead atoms. The van der Waals surface area contributed by atoms with Gasteiger partial charge in [-0.2, -0.15) is 0 Å². The molecule has 0 radical (unpaired) electrons. The zero-order valence-electron chi connectivity index (χ0n) is 13.0. The third kappa shape index (κ3) is 3.86. The fraction of sp³-hybridized carbons (Fsp3) is 0.625. The second kappa shape index (κ2) is 6.78. The van der Waals surface area contributed by atoms with Crippen LogP contribution < -0.4 is 0 Å². The van der Waals surface area contributed by atoms with E-state index in [2.05, 4.69) is 13.8 Å². The summed E-state index contributed by atoms with van der Waals surface area (Å²) in [6.07, 6.45) is 3.27. The molecule has 0 unspecified atom stereocenters. The van der Waals surface area contributed by atoms with E-state index in [1.807, 2.05) is 17.0 Å². The third-order valence-corrected chi connectivity index (χ3v) is 3.77. The smallest absolute Gasteiger partial charge is 0.245 e. The van der Waals surface area contributed by atoms with Crippen molar-refractivity contribution in [1.82, 2.24) is 9.80 Å². The number of nitrogens with zero attached hydrogens (tertiary/aromatic N) is 2. The lowest BCUT2D eigenvalue weighted by Crippen LogP contribution is -2.47. The molecule has 1 atom stereocenters. The van der Waals surface area contributed by atoms with Crippen molar-refractivity contribution < 1.29 is 14.0 Å². The number of carbonyl (C=O) groups excluding carboxylic acids is 2. The SMILES string of the molecule is CC(=O)N1CCC[C@H]1C(=O)N(Cc1ccco1)CC(C)C. The Morgan fingerprint density at radius 1 is 1.48 bits per heavy atom. The fourth-order valence-electron chi connectivity index (χ4n) is 2.87. The summed E-state index contributed by atoms with van der Waals surface area (Å²) in [6, 6.07) is 3.39. The maximum atomic E-state index is 12.8. The summed E-state index contributed by atoms with van der Waals surface area (Å²) < 4.78 is 5.36. The van der Waals surface area contributed by atoms with Gasteiger partial charge in [0, 0.05) is 20.0 Å². The highest BCUT2D eigenvalue weighted by Gasteiger charge is 2.35. The largest absolute Gasteiger partial charge is 0.467 e. The van der Waals surface area contributed by atoms with Crippen LogP contribution in [0.15, 0.2) is 22.8 Å². The molecule has 0 aromatic carbocycles. The minimum atomic E-state index is -0.309. The molecule has 2 amide bonds. The van der Waals surface area contributed by atoms with Gasteiger partial charge < -0.3 is 14.2 Å². The Hall–Kier alpha value is -1.78. The van der Waals surface area contributed by atoms with Gasteiger partial charge in [0.1, 0.15) is 11.8 Å². The van der Waals surface area contributed by atoms with Crippen LogP contribution in [0.25, 0.3) is 0 Å². The summed E-state index contributed by atoms with van der Waals surface area (Å²) in [5.74, 6) is 1.16. The molecule has 0 saturated carbocycles. The molecule has 1 fully saturated rings. The molecule has 21 heavy (non-hydrogen) atoms. The van der Waals surface area contributed by atoms with Crippen LogP contribution in [0.1, 0.15) is 39.4 Å². The summed E-state index contributed by atoms with van der Waals surface area (Å²) in [4.78, 5) is 28.0. The van der Waals surface area contributed by atoms with Crippen LogP contribution in [0.3, 0.4) is 0 Å². The number of rotatable bonds is 5. The number of hydrogen-bond acceptors (Lipinski definition) is 3. The van der Waals surface area contributed by atoms with Crippen molar-refractivity contribution in [3.8, 4) is 0 Å². The standard InChI is InChI=1S/C16H24N2O3/c1-12(2)10-17(11-14-6-5-9-21-14)16(20)15-7-4-8-18(15)13(3)19/h5-6,9,12,15H,4,7-8,10-11H2,1-3H3/t15-/m0/s1. The quantitative estimate of drug-likeness (QED) is 0.836. The van der Waals surface area contributed by atoms with Gasteiger partial charge in [-0.05, 0) is 30.9 Å². The second-order valence-electron chi connectivity index (χ2n) is 6.06. The Balaban J connectivity index is 2.11. The molecule has 5 nitrogen and oxygen atoms in total. The van der Waals surface area contributed by atoms with E-state index in [9.17, 15) is 9.59 Å². The van der Waals surface area contributed by atoms with Crippen molar-refractivity contribution in [3.63, 3.8) is 0 Å². The van der Waals surface area contributed by atoms with Gasteiger partial charge in [0.25, 0.3) is 0 Å². The molecule has 1 aromatic rings. The molecule has 0 aliphatic carbocycles. The fourth-order valence-corrected chi connectivity index (χ4v) is 2.87. The van der Waals surface area contributed by atoms with Gasteiger partial charge in [0.15, 0.2) is 0 Å². The van der Waals surface area contributed by atoms with Crippen LogP contribution >= 0.6 is 0 Å². The topological polar surface area (TPSA) is 53.8 Å². The summed E-state index contributed by atoms with van der Waals surface area (Å²) in [6.45, 7) is 7.51. The Kier molecular flexibility index (Phi) is 5.04. The Bertz CT molecular complexity index is 482. The molecule has 2 heterocycles. The molecular weight excluding hydrogens is 268 g/mol. The Morgan fingerprint density at radius 2 is 2.24 bits per heavy atom. The molecule has 1 aliphatic rings. The van der Waals surface area contributed by atoms with Gasteiger partial charge in [0.05, 0.1) is 12.8 Å². The van der Waals surface area contributed by atoms with E-state index in [0.717, 1.165) is 18.6 Å². The van der Waals surface area contributed by atoms with Crippen LogP contribution in [-0.2, 0) is 16.1 Å². The van der Waals surface area contributed by atoms with Gasteiger partial charge in [-0.25, -0.2) is 0 Å². The zero-order chi connectivity index (χ0) is 15.4. The molecule has 5 heteroatoms. The van der Waals surface area contributed by atoms with Crippen molar-refractivity contribution in [3.05, 3.63) is 24.2 Å². The average molecular weight is 292 g/mol. The summed E-state index contributed by atoms with van der Waals surface area (Å²) in [5, 5.41) is 0. The zero-order valence-corrected chi connectivity index (χ0v) is 13.0. The van der Waals surface area contributed by atoms with Crippen molar-refractivity contribution in [2.75, 3.05) is 13.1 Å². The minimum absolute atomic E-state index is 0.0201. The Labute approximate surface area is 125 Å². The molecule has 0 N–H and O–H groups in total. The lowest BCUT2D eigenvalue weighted by molar-refractivity contribution is -0.143. The highest BCUT2D eigenvalue weighted by Crippen LogP contribution is 2.21. The van der Waals surface area contributed by atoms with E-state index in [-0.39, 0.29) is 17.9 Å². The van der Waals surface area contributed by atoms with Crippen molar-refractivity contribution in [1.29, 1.82) is 0 Å². The highest BCUT2D eigenvalue weighted by molar-refractivity contribution is 5.87. The van der Waals surface area contributed by atoms with E-state index >= 15 is 0 Å². The molecule has 2 rings (SSSR count). The summed E-state index contributed by atoms with van der Waals surface area (Å²) >= 11 is 0. The van der Waals surface area contributed by atoms with Gasteiger partial charge in [0.2, 0.25) is 11.8 Å².